The number of piperazine rings is 1. The Morgan fingerprint density at radius 3 is 1.99 bits per heavy atom. The van der Waals surface area contributed by atoms with Crippen molar-refractivity contribution in [2.75, 3.05) is 130 Å². The van der Waals surface area contributed by atoms with Gasteiger partial charge in [0.1, 0.15) is 28.9 Å². The Morgan fingerprint density at radius 2 is 1.32 bits per heavy atom. The van der Waals surface area contributed by atoms with Gasteiger partial charge in [-0.1, -0.05) is 43.5 Å². The molecule has 8 rings (SSSR count). The SMILES string of the molecule is Cc1c(O)cc(O)c(C(=O)N2Cc3ccc(CN4CCN(CCOCCOCCOCCOCCOCCOCCNc5cccc6c5C(=O)N(C5CCC(=O)NC5=O)C6=O)CC4)cc3C2)c1OCC1CCCCC1. The molecule has 4 aliphatic heterocycles. The van der Waals surface area contributed by atoms with Gasteiger partial charge in [-0.3, -0.25) is 44.0 Å². The lowest BCUT2D eigenvalue weighted by Crippen LogP contribution is -2.54. The molecular weight excluding hydrogens is 969 g/mol. The summed E-state index contributed by atoms with van der Waals surface area (Å²) >= 11 is 0. The van der Waals surface area contributed by atoms with Crippen LogP contribution in [-0.2, 0) is 57.6 Å². The molecule has 4 heterocycles. The maximum absolute atomic E-state index is 14.0. The van der Waals surface area contributed by atoms with E-state index in [1.165, 1.54) is 30.9 Å². The molecule has 1 atom stereocenters. The molecule has 0 aromatic heterocycles. The monoisotopic (exact) mass is 1040 g/mol. The number of rotatable bonds is 29. The van der Waals surface area contributed by atoms with Crippen molar-refractivity contribution in [2.45, 2.75) is 77.5 Å². The fourth-order valence-electron chi connectivity index (χ4n) is 10.3. The second kappa shape index (κ2) is 27.9. The minimum Gasteiger partial charge on any atom is -0.507 e. The molecule has 0 radical (unpaired) electrons. The number of fused-ring (bicyclic) bond motifs is 2. The summed E-state index contributed by atoms with van der Waals surface area (Å²) in [7, 11) is 0. The molecule has 20 heteroatoms. The van der Waals surface area contributed by atoms with E-state index in [4.69, 9.17) is 33.2 Å². The summed E-state index contributed by atoms with van der Waals surface area (Å²) in [4.78, 5) is 71.7. The molecule has 20 nitrogen and oxygen atoms in total. The van der Waals surface area contributed by atoms with Crippen molar-refractivity contribution in [1.29, 1.82) is 0 Å². The number of ether oxygens (including phenoxy) is 7. The van der Waals surface area contributed by atoms with E-state index in [0.29, 0.717) is 123 Å². The molecule has 1 unspecified atom stereocenters. The first-order valence-corrected chi connectivity index (χ1v) is 26.6. The van der Waals surface area contributed by atoms with Crippen LogP contribution >= 0.6 is 0 Å². The summed E-state index contributed by atoms with van der Waals surface area (Å²) in [6, 6.07) is 11.6. The van der Waals surface area contributed by atoms with Crippen LogP contribution in [-0.4, -0.2) is 191 Å². The zero-order valence-electron chi connectivity index (χ0n) is 43.3. The molecule has 0 bridgehead atoms. The molecule has 3 aromatic rings. The Kier molecular flexibility index (Phi) is 20.6. The molecular formula is C55H74N6O14. The van der Waals surface area contributed by atoms with Crippen LogP contribution in [0.1, 0.15) is 98.3 Å². The minimum absolute atomic E-state index is 0.0610. The predicted octanol–water partition coefficient (Wildman–Crippen LogP) is 4.25. The number of hydrogen-bond acceptors (Lipinski definition) is 17. The molecule has 3 aromatic carbocycles. The molecule has 5 aliphatic rings. The Balaban J connectivity index is 0.591. The summed E-state index contributed by atoms with van der Waals surface area (Å²) in [5.74, 6) is -2.13. The van der Waals surface area contributed by atoms with Crippen molar-refractivity contribution < 1.29 is 67.3 Å². The third-order valence-electron chi connectivity index (χ3n) is 14.5. The van der Waals surface area contributed by atoms with Crippen molar-refractivity contribution in [2.24, 2.45) is 5.92 Å². The predicted molar refractivity (Wildman–Crippen MR) is 275 cm³/mol. The summed E-state index contributed by atoms with van der Waals surface area (Å²) in [6.07, 6.45) is 5.91. The van der Waals surface area contributed by atoms with Crippen LogP contribution in [0.15, 0.2) is 42.5 Å². The maximum atomic E-state index is 14.0. The lowest BCUT2D eigenvalue weighted by Gasteiger charge is -2.34. The number of phenolic OH excluding ortho intramolecular Hbond substituents is 2. The number of hydrogen-bond donors (Lipinski definition) is 4. The summed E-state index contributed by atoms with van der Waals surface area (Å²) in [6.45, 7) is 14.4. The highest BCUT2D eigenvalue weighted by atomic mass is 16.6. The van der Waals surface area contributed by atoms with Gasteiger partial charge in [0, 0.05) is 82.6 Å². The first-order valence-electron chi connectivity index (χ1n) is 26.6. The molecule has 5 amide bonds. The van der Waals surface area contributed by atoms with Crippen LogP contribution < -0.4 is 15.4 Å². The van der Waals surface area contributed by atoms with E-state index in [1.807, 2.05) is 0 Å². The number of aromatic hydroxyl groups is 2. The number of imide groups is 2. The minimum atomic E-state index is -1.02. The van der Waals surface area contributed by atoms with Crippen molar-refractivity contribution >= 4 is 35.2 Å². The van der Waals surface area contributed by atoms with Crippen molar-refractivity contribution in [3.05, 3.63) is 81.4 Å². The largest absolute Gasteiger partial charge is 0.507 e. The van der Waals surface area contributed by atoms with Crippen LogP contribution in [0.3, 0.4) is 0 Å². The Labute approximate surface area is 438 Å². The number of nitrogens with one attached hydrogen (secondary N) is 2. The van der Waals surface area contributed by atoms with Crippen molar-refractivity contribution in [3.63, 3.8) is 0 Å². The number of carbonyl (C=O) groups is 5. The fraction of sp³-hybridized carbons (Fsp3) is 0.582. The van der Waals surface area contributed by atoms with Crippen LogP contribution in [0.5, 0.6) is 17.2 Å². The Morgan fingerprint density at radius 1 is 0.693 bits per heavy atom. The zero-order valence-corrected chi connectivity index (χ0v) is 43.3. The molecule has 0 spiro atoms. The molecule has 408 valence electrons. The highest BCUT2D eigenvalue weighted by Gasteiger charge is 2.45. The smallest absolute Gasteiger partial charge is 0.264 e. The van der Waals surface area contributed by atoms with Gasteiger partial charge >= 0.3 is 0 Å². The van der Waals surface area contributed by atoms with E-state index >= 15 is 0 Å². The van der Waals surface area contributed by atoms with Gasteiger partial charge in [0.2, 0.25) is 11.8 Å². The number of phenols is 2. The van der Waals surface area contributed by atoms with E-state index in [2.05, 4.69) is 38.6 Å². The van der Waals surface area contributed by atoms with E-state index in [0.717, 1.165) is 68.1 Å². The van der Waals surface area contributed by atoms with Crippen LogP contribution in [0.25, 0.3) is 0 Å². The van der Waals surface area contributed by atoms with Crippen LogP contribution in [0.2, 0.25) is 0 Å². The third-order valence-corrected chi connectivity index (χ3v) is 14.5. The second-order valence-corrected chi connectivity index (χ2v) is 19.7. The zero-order chi connectivity index (χ0) is 52.5. The second-order valence-electron chi connectivity index (χ2n) is 19.7. The van der Waals surface area contributed by atoms with Gasteiger partial charge in [0.25, 0.3) is 17.7 Å². The number of piperidine rings is 1. The lowest BCUT2D eigenvalue weighted by molar-refractivity contribution is -0.136. The average molecular weight is 1040 g/mol. The summed E-state index contributed by atoms with van der Waals surface area (Å²) in [5.41, 5.74) is 4.92. The lowest BCUT2D eigenvalue weighted by atomic mass is 9.90. The van der Waals surface area contributed by atoms with E-state index < -0.39 is 29.7 Å². The molecule has 1 aliphatic carbocycles. The van der Waals surface area contributed by atoms with E-state index in [-0.39, 0.29) is 52.7 Å². The van der Waals surface area contributed by atoms with Gasteiger partial charge in [0.15, 0.2) is 0 Å². The average Bonchev–Trinajstić information content (AvgIpc) is 3.96. The highest BCUT2D eigenvalue weighted by Crippen LogP contribution is 2.41. The summed E-state index contributed by atoms with van der Waals surface area (Å²) < 4.78 is 40.1. The number of carbonyl (C=O) groups excluding carboxylic acids is 5. The van der Waals surface area contributed by atoms with Gasteiger partial charge in [0.05, 0.1) is 97.0 Å². The Bertz CT molecular complexity index is 2440. The Hall–Kier alpha value is -5.71. The normalized spacial score (nSPS) is 18.4. The number of anilines is 1. The molecule has 1 saturated carbocycles. The quantitative estimate of drug-likeness (QED) is 0.0563. The van der Waals surface area contributed by atoms with Gasteiger partial charge in [-0.15, -0.1) is 0 Å². The van der Waals surface area contributed by atoms with Gasteiger partial charge in [-0.2, -0.15) is 0 Å². The van der Waals surface area contributed by atoms with Gasteiger partial charge in [-0.25, -0.2) is 0 Å². The van der Waals surface area contributed by atoms with E-state index in [9.17, 15) is 34.2 Å². The first-order chi connectivity index (χ1) is 36.5. The highest BCUT2D eigenvalue weighted by molar-refractivity contribution is 6.25. The van der Waals surface area contributed by atoms with Crippen LogP contribution in [0.4, 0.5) is 5.69 Å². The summed E-state index contributed by atoms with van der Waals surface area (Å²) in [5, 5.41) is 26.8. The van der Waals surface area contributed by atoms with Crippen molar-refractivity contribution in [1.82, 2.24) is 24.9 Å². The van der Waals surface area contributed by atoms with Crippen LogP contribution in [0, 0.1) is 12.8 Å². The maximum Gasteiger partial charge on any atom is 0.264 e. The fourth-order valence-corrected chi connectivity index (χ4v) is 10.3. The third kappa shape index (κ3) is 15.0. The molecule has 4 N–H and O–H groups in total. The molecule has 3 fully saturated rings. The number of benzene rings is 3. The topological polar surface area (TPSA) is 227 Å². The number of nitrogens with zero attached hydrogens (tertiary/aromatic N) is 4. The van der Waals surface area contributed by atoms with Crippen molar-refractivity contribution in [3.8, 4) is 17.2 Å². The van der Waals surface area contributed by atoms with Gasteiger partial charge in [-0.05, 0) is 60.9 Å². The molecule has 75 heavy (non-hydrogen) atoms. The number of amides is 5. The van der Waals surface area contributed by atoms with E-state index in [1.54, 1.807) is 30.0 Å². The molecule has 2 saturated heterocycles. The van der Waals surface area contributed by atoms with Gasteiger partial charge < -0.3 is 53.6 Å². The standard InChI is InChI=1S/C55H74N6O14/c1-38-46(62)33-47(63)50(51(38)75-37-39-6-3-2-4-7-39)54(67)60-35-41-11-10-40(32-42(41)36-60)34-59-17-15-58(16-18-59)19-21-70-23-25-72-27-29-74-31-30-73-28-26-71-24-22-69-20-14-56-44-9-5-8-43-49(44)55(68)61(53(43)66)45-12-13-48(64)57-52(45)65/h5,8-11,32-33,39,45,56,62-63H,2-4,6-7,12-31,34-37H2,1H3,(H,57,64,65). The first kappa shape index (κ1) is 55.5.